The van der Waals surface area contributed by atoms with Crippen LogP contribution in [0.3, 0.4) is 0 Å². The van der Waals surface area contributed by atoms with E-state index in [0.29, 0.717) is 31.5 Å². The van der Waals surface area contributed by atoms with Crippen molar-refractivity contribution in [3.63, 3.8) is 0 Å². The molecule has 94 valence electrons. The zero-order valence-corrected chi connectivity index (χ0v) is 10.5. The van der Waals surface area contributed by atoms with Crippen LogP contribution in [0.15, 0.2) is 0 Å². The van der Waals surface area contributed by atoms with Gasteiger partial charge in [0.25, 0.3) is 0 Å². The Kier molecular flexibility index (Phi) is 4.74. The molecule has 16 heavy (non-hydrogen) atoms. The van der Waals surface area contributed by atoms with E-state index in [1.165, 1.54) is 12.8 Å². The van der Waals surface area contributed by atoms with Crippen LogP contribution in [0.5, 0.6) is 0 Å². The molecular formula is C12H24N2O2. The predicted octanol–water partition coefficient (Wildman–Crippen LogP) is 0.652. The number of carbonyl (C=O) groups is 1. The maximum Gasteiger partial charge on any atom is 0.234 e. The molecule has 4 nitrogen and oxygen atoms in total. The fraction of sp³-hybridized carbons (Fsp3) is 0.917. The zero-order chi connectivity index (χ0) is 12.2. The van der Waals surface area contributed by atoms with Crippen LogP contribution in [-0.2, 0) is 4.79 Å². The van der Waals surface area contributed by atoms with Gasteiger partial charge in [-0.1, -0.05) is 13.8 Å². The molecule has 0 saturated heterocycles. The lowest BCUT2D eigenvalue weighted by molar-refractivity contribution is -0.121. The molecule has 0 heterocycles. The molecular weight excluding hydrogens is 204 g/mol. The molecule has 1 saturated carbocycles. The van der Waals surface area contributed by atoms with Gasteiger partial charge in [-0.05, 0) is 32.1 Å². The van der Waals surface area contributed by atoms with Crippen molar-refractivity contribution in [3.05, 3.63) is 0 Å². The number of aliphatic hydroxyl groups is 1. The molecule has 0 aromatic carbocycles. The fourth-order valence-electron chi connectivity index (χ4n) is 1.83. The smallest absolute Gasteiger partial charge is 0.234 e. The summed E-state index contributed by atoms with van der Waals surface area (Å²) >= 11 is 0. The van der Waals surface area contributed by atoms with Gasteiger partial charge in [0, 0.05) is 12.6 Å². The van der Waals surface area contributed by atoms with Crippen molar-refractivity contribution in [1.82, 2.24) is 10.6 Å². The highest BCUT2D eigenvalue weighted by atomic mass is 16.3. The Morgan fingerprint density at radius 2 is 2.12 bits per heavy atom. The quantitative estimate of drug-likeness (QED) is 0.599. The van der Waals surface area contributed by atoms with E-state index in [-0.39, 0.29) is 5.91 Å². The number of rotatable bonds is 7. The van der Waals surface area contributed by atoms with Crippen molar-refractivity contribution in [3.8, 4) is 0 Å². The minimum absolute atomic E-state index is 0.0315. The summed E-state index contributed by atoms with van der Waals surface area (Å²) in [4.78, 5) is 11.4. The van der Waals surface area contributed by atoms with Crippen LogP contribution >= 0.6 is 0 Å². The highest BCUT2D eigenvalue weighted by Gasteiger charge is 2.24. The monoisotopic (exact) mass is 228 g/mol. The third-order valence-corrected chi connectivity index (χ3v) is 2.64. The van der Waals surface area contributed by atoms with Gasteiger partial charge in [0.2, 0.25) is 5.91 Å². The lowest BCUT2D eigenvalue weighted by Gasteiger charge is -2.25. The SMILES string of the molecule is CC(C)CC(C)(O)CNC(=O)CNC1CC1. The lowest BCUT2D eigenvalue weighted by atomic mass is 9.94. The molecule has 1 fully saturated rings. The van der Waals surface area contributed by atoms with Crippen LogP contribution in [0.2, 0.25) is 0 Å². The third-order valence-electron chi connectivity index (χ3n) is 2.64. The average Bonchev–Trinajstić information content (AvgIpc) is 2.93. The van der Waals surface area contributed by atoms with E-state index < -0.39 is 5.60 Å². The summed E-state index contributed by atoms with van der Waals surface area (Å²) in [6.45, 7) is 6.58. The molecule has 0 spiro atoms. The molecule has 1 aliphatic carbocycles. The van der Waals surface area contributed by atoms with Crippen LogP contribution in [0.1, 0.15) is 40.0 Å². The summed E-state index contributed by atoms with van der Waals surface area (Å²) in [5, 5.41) is 15.9. The number of amides is 1. The van der Waals surface area contributed by atoms with Crippen molar-refractivity contribution in [2.24, 2.45) is 5.92 Å². The van der Waals surface area contributed by atoms with Gasteiger partial charge in [-0.25, -0.2) is 0 Å². The standard InChI is InChI=1S/C12H24N2O2/c1-9(2)6-12(3,16)8-14-11(15)7-13-10-4-5-10/h9-10,13,16H,4-8H2,1-3H3,(H,14,15). The first-order valence-electron chi connectivity index (χ1n) is 6.11. The van der Waals surface area contributed by atoms with Crippen LogP contribution < -0.4 is 10.6 Å². The van der Waals surface area contributed by atoms with Crippen molar-refractivity contribution >= 4 is 5.91 Å². The van der Waals surface area contributed by atoms with Crippen LogP contribution in [0.25, 0.3) is 0 Å². The summed E-state index contributed by atoms with van der Waals surface area (Å²) < 4.78 is 0. The van der Waals surface area contributed by atoms with Gasteiger partial charge >= 0.3 is 0 Å². The highest BCUT2D eigenvalue weighted by Crippen LogP contribution is 2.18. The largest absolute Gasteiger partial charge is 0.388 e. The topological polar surface area (TPSA) is 61.4 Å². The van der Waals surface area contributed by atoms with Crippen LogP contribution in [0, 0.1) is 5.92 Å². The Morgan fingerprint density at radius 3 is 2.62 bits per heavy atom. The molecule has 0 aromatic heterocycles. The number of hydrogen-bond donors (Lipinski definition) is 3. The van der Waals surface area contributed by atoms with Gasteiger partial charge in [-0.3, -0.25) is 4.79 Å². The highest BCUT2D eigenvalue weighted by molar-refractivity contribution is 5.78. The molecule has 1 atom stereocenters. The maximum atomic E-state index is 11.4. The molecule has 1 unspecified atom stereocenters. The van der Waals surface area contributed by atoms with Gasteiger partial charge in [0.1, 0.15) is 0 Å². The van der Waals surface area contributed by atoms with Gasteiger partial charge in [-0.15, -0.1) is 0 Å². The summed E-state index contributed by atoms with van der Waals surface area (Å²) in [6.07, 6.45) is 3.06. The zero-order valence-electron chi connectivity index (χ0n) is 10.5. The van der Waals surface area contributed by atoms with E-state index in [0.717, 1.165) is 0 Å². The van der Waals surface area contributed by atoms with E-state index in [9.17, 15) is 9.90 Å². The van der Waals surface area contributed by atoms with Crippen molar-refractivity contribution in [1.29, 1.82) is 0 Å². The van der Waals surface area contributed by atoms with Gasteiger partial charge in [0.15, 0.2) is 0 Å². The first-order valence-corrected chi connectivity index (χ1v) is 6.11. The van der Waals surface area contributed by atoms with E-state index in [4.69, 9.17) is 0 Å². The third kappa shape index (κ3) is 6.08. The maximum absolute atomic E-state index is 11.4. The molecule has 1 aliphatic rings. The number of hydrogen-bond acceptors (Lipinski definition) is 3. The first kappa shape index (κ1) is 13.5. The summed E-state index contributed by atoms with van der Waals surface area (Å²) in [5.41, 5.74) is -0.802. The van der Waals surface area contributed by atoms with Crippen molar-refractivity contribution < 1.29 is 9.90 Å². The average molecular weight is 228 g/mol. The molecule has 4 heteroatoms. The Bertz CT molecular complexity index is 235. The van der Waals surface area contributed by atoms with Crippen molar-refractivity contribution in [2.45, 2.75) is 51.7 Å². The van der Waals surface area contributed by atoms with Gasteiger partial charge in [0.05, 0.1) is 12.1 Å². The van der Waals surface area contributed by atoms with E-state index in [2.05, 4.69) is 24.5 Å². The Balaban J connectivity index is 2.13. The van der Waals surface area contributed by atoms with Crippen LogP contribution in [-0.4, -0.2) is 35.7 Å². The van der Waals surface area contributed by atoms with Crippen LogP contribution in [0.4, 0.5) is 0 Å². The summed E-state index contributed by atoms with van der Waals surface area (Å²) in [7, 11) is 0. The van der Waals surface area contributed by atoms with Gasteiger partial charge < -0.3 is 15.7 Å². The second-order valence-corrected chi connectivity index (χ2v) is 5.53. The molecule has 0 aliphatic heterocycles. The minimum atomic E-state index is -0.802. The second-order valence-electron chi connectivity index (χ2n) is 5.53. The normalized spacial score (nSPS) is 19.6. The Labute approximate surface area is 97.8 Å². The summed E-state index contributed by atoms with van der Waals surface area (Å²) in [6, 6.07) is 0.543. The molecule has 3 N–H and O–H groups in total. The molecule has 1 amide bonds. The molecule has 0 aromatic rings. The number of carbonyl (C=O) groups excluding carboxylic acids is 1. The minimum Gasteiger partial charge on any atom is -0.388 e. The van der Waals surface area contributed by atoms with E-state index in [1.807, 2.05) is 0 Å². The van der Waals surface area contributed by atoms with E-state index in [1.54, 1.807) is 6.92 Å². The van der Waals surface area contributed by atoms with E-state index >= 15 is 0 Å². The summed E-state index contributed by atoms with van der Waals surface area (Å²) in [5.74, 6) is 0.396. The lowest BCUT2D eigenvalue weighted by Crippen LogP contribution is -2.44. The Morgan fingerprint density at radius 1 is 1.50 bits per heavy atom. The second kappa shape index (κ2) is 5.64. The van der Waals surface area contributed by atoms with Gasteiger partial charge in [-0.2, -0.15) is 0 Å². The van der Waals surface area contributed by atoms with Crippen molar-refractivity contribution in [2.75, 3.05) is 13.1 Å². The predicted molar refractivity (Wildman–Crippen MR) is 64.1 cm³/mol. The number of nitrogens with one attached hydrogen (secondary N) is 2. The Hall–Kier alpha value is -0.610. The fourth-order valence-corrected chi connectivity index (χ4v) is 1.83. The first-order chi connectivity index (χ1) is 7.39. The molecule has 0 bridgehead atoms. The molecule has 0 radical (unpaired) electrons. The molecule has 1 rings (SSSR count).